The van der Waals surface area contributed by atoms with Gasteiger partial charge in [-0.1, -0.05) is 35.9 Å². The van der Waals surface area contributed by atoms with Gasteiger partial charge in [0.05, 0.1) is 7.11 Å². The van der Waals surface area contributed by atoms with Gasteiger partial charge in [-0.3, -0.25) is 0 Å². The average Bonchev–Trinajstić information content (AvgIpc) is 2.50. The van der Waals surface area contributed by atoms with Crippen LogP contribution in [0.4, 0.5) is 10.5 Å². The van der Waals surface area contributed by atoms with Crippen LogP contribution in [-0.4, -0.2) is 13.1 Å². The number of aryl methyl sites for hydroxylation is 2. The van der Waals surface area contributed by atoms with Gasteiger partial charge >= 0.3 is 6.03 Å². The van der Waals surface area contributed by atoms with Crippen molar-refractivity contribution < 1.29 is 9.53 Å². The van der Waals surface area contributed by atoms with E-state index < -0.39 is 0 Å². The van der Waals surface area contributed by atoms with Crippen LogP contribution in [-0.2, 0) is 0 Å². The van der Waals surface area contributed by atoms with E-state index in [1.165, 1.54) is 5.56 Å². The molecule has 0 aromatic heterocycles. The largest absolute Gasteiger partial charge is 0.496 e. The molecule has 2 rings (SSSR count). The van der Waals surface area contributed by atoms with Crippen molar-refractivity contribution in [3.63, 3.8) is 0 Å². The van der Waals surface area contributed by atoms with Crippen molar-refractivity contribution in [2.24, 2.45) is 0 Å². The number of urea groups is 1. The van der Waals surface area contributed by atoms with Gasteiger partial charge in [0.1, 0.15) is 5.75 Å². The van der Waals surface area contributed by atoms with Crippen LogP contribution in [0.5, 0.6) is 5.75 Å². The Morgan fingerprint density at radius 1 is 1.14 bits per heavy atom. The van der Waals surface area contributed by atoms with E-state index in [0.29, 0.717) is 0 Å². The van der Waals surface area contributed by atoms with Crippen LogP contribution in [0.1, 0.15) is 16.7 Å². The molecule has 0 bridgehead atoms. The molecule has 0 atom stereocenters. The van der Waals surface area contributed by atoms with E-state index in [9.17, 15) is 4.79 Å². The van der Waals surface area contributed by atoms with Gasteiger partial charge in [0.15, 0.2) is 0 Å². The summed E-state index contributed by atoms with van der Waals surface area (Å²) in [5.74, 6) is 0.760. The molecule has 2 N–H and O–H groups in total. The summed E-state index contributed by atoms with van der Waals surface area (Å²) >= 11 is 0. The number of rotatable bonds is 4. The number of benzene rings is 2. The SMILES string of the molecule is COc1ccccc1/C=C/NC(=O)Nc1ccc(C)cc1C. The van der Waals surface area contributed by atoms with Crippen LogP contribution in [0.2, 0.25) is 0 Å². The van der Waals surface area contributed by atoms with Gasteiger partial charge in [0, 0.05) is 17.5 Å². The maximum atomic E-state index is 11.9. The Morgan fingerprint density at radius 2 is 1.91 bits per heavy atom. The van der Waals surface area contributed by atoms with E-state index in [1.54, 1.807) is 19.4 Å². The highest BCUT2D eigenvalue weighted by molar-refractivity contribution is 5.91. The number of anilines is 1. The molecule has 0 aliphatic rings. The molecule has 0 saturated heterocycles. The highest BCUT2D eigenvalue weighted by Gasteiger charge is 2.03. The summed E-state index contributed by atoms with van der Waals surface area (Å²) in [7, 11) is 1.62. The van der Waals surface area contributed by atoms with Crippen LogP contribution < -0.4 is 15.4 Å². The first kappa shape index (κ1) is 15.6. The Hall–Kier alpha value is -2.75. The summed E-state index contributed by atoms with van der Waals surface area (Å²) in [5.41, 5.74) is 3.90. The van der Waals surface area contributed by atoms with Gasteiger partial charge in [-0.05, 0) is 37.6 Å². The van der Waals surface area contributed by atoms with E-state index in [0.717, 1.165) is 22.6 Å². The minimum atomic E-state index is -0.280. The molecule has 0 radical (unpaired) electrons. The number of carbonyl (C=O) groups is 1. The zero-order chi connectivity index (χ0) is 15.9. The second-order valence-electron chi connectivity index (χ2n) is 4.99. The normalized spacial score (nSPS) is 10.5. The average molecular weight is 296 g/mol. The molecule has 0 aliphatic carbocycles. The monoisotopic (exact) mass is 296 g/mol. The van der Waals surface area contributed by atoms with Crippen molar-refractivity contribution in [2.45, 2.75) is 13.8 Å². The molecular formula is C18H20N2O2. The molecule has 0 aliphatic heterocycles. The van der Waals surface area contributed by atoms with Gasteiger partial charge < -0.3 is 15.4 Å². The molecule has 22 heavy (non-hydrogen) atoms. The molecule has 0 unspecified atom stereocenters. The third-order valence-electron chi connectivity index (χ3n) is 3.25. The minimum absolute atomic E-state index is 0.280. The van der Waals surface area contributed by atoms with E-state index in [1.807, 2.05) is 56.3 Å². The molecule has 0 saturated carbocycles. The fourth-order valence-electron chi connectivity index (χ4n) is 2.12. The molecule has 2 aromatic rings. The molecule has 2 amide bonds. The van der Waals surface area contributed by atoms with Gasteiger partial charge in [-0.2, -0.15) is 0 Å². The lowest BCUT2D eigenvalue weighted by molar-refractivity contribution is 0.255. The second kappa shape index (κ2) is 7.31. The molecule has 114 valence electrons. The van der Waals surface area contributed by atoms with Crippen molar-refractivity contribution in [1.29, 1.82) is 0 Å². The Labute approximate surface area is 130 Å². The smallest absolute Gasteiger partial charge is 0.323 e. The molecule has 0 spiro atoms. The third kappa shape index (κ3) is 4.12. The predicted octanol–water partition coefficient (Wildman–Crippen LogP) is 4.10. The first-order valence-corrected chi connectivity index (χ1v) is 7.04. The number of methoxy groups -OCH3 is 1. The van der Waals surface area contributed by atoms with Crippen LogP contribution in [0.25, 0.3) is 6.08 Å². The summed E-state index contributed by atoms with van der Waals surface area (Å²) in [6.45, 7) is 3.99. The Kier molecular flexibility index (Phi) is 5.20. The molecular weight excluding hydrogens is 276 g/mol. The van der Waals surface area contributed by atoms with Crippen molar-refractivity contribution >= 4 is 17.8 Å². The highest BCUT2D eigenvalue weighted by Crippen LogP contribution is 2.18. The Balaban J connectivity index is 1.96. The van der Waals surface area contributed by atoms with Crippen LogP contribution in [0, 0.1) is 13.8 Å². The van der Waals surface area contributed by atoms with Crippen molar-refractivity contribution in [3.8, 4) is 5.75 Å². The number of amides is 2. The van der Waals surface area contributed by atoms with Gasteiger partial charge in [0.25, 0.3) is 0 Å². The van der Waals surface area contributed by atoms with Crippen LogP contribution in [0.15, 0.2) is 48.7 Å². The minimum Gasteiger partial charge on any atom is -0.496 e. The fraction of sp³-hybridized carbons (Fsp3) is 0.167. The summed E-state index contributed by atoms with van der Waals surface area (Å²) in [5, 5.41) is 5.51. The Morgan fingerprint density at radius 3 is 2.64 bits per heavy atom. The molecule has 2 aromatic carbocycles. The van der Waals surface area contributed by atoms with Crippen molar-refractivity contribution in [1.82, 2.24) is 5.32 Å². The van der Waals surface area contributed by atoms with Crippen molar-refractivity contribution in [2.75, 3.05) is 12.4 Å². The van der Waals surface area contributed by atoms with Crippen LogP contribution in [0.3, 0.4) is 0 Å². The van der Waals surface area contributed by atoms with E-state index in [-0.39, 0.29) is 6.03 Å². The zero-order valence-electron chi connectivity index (χ0n) is 13.0. The lowest BCUT2D eigenvalue weighted by Gasteiger charge is -2.08. The number of ether oxygens (including phenoxy) is 1. The van der Waals surface area contributed by atoms with E-state index in [2.05, 4.69) is 10.6 Å². The molecule has 4 heteroatoms. The predicted molar refractivity (Wildman–Crippen MR) is 90.1 cm³/mol. The summed E-state index contributed by atoms with van der Waals surface area (Å²) in [4.78, 5) is 11.9. The summed E-state index contributed by atoms with van der Waals surface area (Å²) < 4.78 is 5.25. The van der Waals surface area contributed by atoms with Crippen LogP contribution >= 0.6 is 0 Å². The summed E-state index contributed by atoms with van der Waals surface area (Å²) in [6.07, 6.45) is 3.39. The summed E-state index contributed by atoms with van der Waals surface area (Å²) in [6, 6.07) is 13.2. The van der Waals surface area contributed by atoms with Gasteiger partial charge in [-0.25, -0.2) is 4.79 Å². The lowest BCUT2D eigenvalue weighted by Crippen LogP contribution is -2.24. The number of hydrogen-bond acceptors (Lipinski definition) is 2. The fourth-order valence-corrected chi connectivity index (χ4v) is 2.12. The van der Waals surface area contributed by atoms with E-state index in [4.69, 9.17) is 4.74 Å². The molecule has 4 nitrogen and oxygen atoms in total. The van der Waals surface area contributed by atoms with E-state index >= 15 is 0 Å². The number of para-hydroxylation sites is 1. The second-order valence-corrected chi connectivity index (χ2v) is 4.99. The Bertz CT molecular complexity index is 693. The maximum Gasteiger partial charge on any atom is 0.323 e. The number of carbonyl (C=O) groups excluding carboxylic acids is 1. The third-order valence-corrected chi connectivity index (χ3v) is 3.25. The first-order valence-electron chi connectivity index (χ1n) is 7.04. The highest BCUT2D eigenvalue weighted by atomic mass is 16.5. The standard InChI is InChI=1S/C18H20N2O2/c1-13-8-9-16(14(2)12-13)20-18(21)19-11-10-15-6-4-5-7-17(15)22-3/h4-12H,1-3H3,(H2,19,20,21)/b11-10+. The number of hydrogen-bond donors (Lipinski definition) is 2. The molecule has 0 fully saturated rings. The van der Waals surface area contributed by atoms with Gasteiger partial charge in [0.2, 0.25) is 0 Å². The van der Waals surface area contributed by atoms with Crippen molar-refractivity contribution in [3.05, 3.63) is 65.4 Å². The topological polar surface area (TPSA) is 50.4 Å². The lowest BCUT2D eigenvalue weighted by atomic mass is 10.1. The molecule has 0 heterocycles. The maximum absolute atomic E-state index is 11.9. The van der Waals surface area contributed by atoms with Gasteiger partial charge in [-0.15, -0.1) is 0 Å². The number of nitrogens with one attached hydrogen (secondary N) is 2. The zero-order valence-corrected chi connectivity index (χ0v) is 13.0. The quantitative estimate of drug-likeness (QED) is 0.892. The first-order chi connectivity index (χ1) is 10.6.